The number of Topliss-reactive ketones (excluding diaryl/α,β-unsaturated/α-hetero) is 2. The highest BCUT2D eigenvalue weighted by molar-refractivity contribution is 7.89. The molecule has 0 aliphatic heterocycles. The van der Waals surface area contributed by atoms with Crippen LogP contribution in [0.3, 0.4) is 0 Å². The number of carbonyl (C=O) groups excluding carboxylic acids is 2. The lowest BCUT2D eigenvalue weighted by molar-refractivity contribution is -0.125. The number of halogens is 2. The summed E-state index contributed by atoms with van der Waals surface area (Å²) >= 11 is 12.1. The number of alkyl halides is 1. The van der Waals surface area contributed by atoms with Gasteiger partial charge in [-0.15, -0.1) is 11.6 Å². The van der Waals surface area contributed by atoms with Crippen LogP contribution in [0.2, 0.25) is 5.02 Å². The van der Waals surface area contributed by atoms with Gasteiger partial charge in [0.1, 0.15) is 5.78 Å². The Balaban J connectivity index is 2.24. The van der Waals surface area contributed by atoms with E-state index in [1.807, 2.05) is 0 Å². The van der Waals surface area contributed by atoms with Gasteiger partial charge >= 0.3 is 0 Å². The molecule has 0 bridgehead atoms. The molecular weight excluding hydrogens is 529 g/mol. The Labute approximate surface area is 235 Å². The van der Waals surface area contributed by atoms with E-state index < -0.39 is 39.2 Å². The molecule has 1 aromatic rings. The van der Waals surface area contributed by atoms with Gasteiger partial charge in [0.2, 0.25) is 10.0 Å². The van der Waals surface area contributed by atoms with Gasteiger partial charge in [0.25, 0.3) is 0 Å². The van der Waals surface area contributed by atoms with Crippen molar-refractivity contribution < 1.29 is 18.0 Å². The van der Waals surface area contributed by atoms with Crippen LogP contribution < -0.4 is 4.72 Å². The van der Waals surface area contributed by atoms with Gasteiger partial charge in [-0.25, -0.2) is 13.1 Å². The van der Waals surface area contributed by atoms with Gasteiger partial charge in [-0.1, -0.05) is 121 Å². The Morgan fingerprint density at radius 3 is 1.81 bits per heavy atom. The van der Waals surface area contributed by atoms with E-state index in [1.54, 1.807) is 24.3 Å². The van der Waals surface area contributed by atoms with Crippen LogP contribution in [0.1, 0.15) is 121 Å². The van der Waals surface area contributed by atoms with E-state index in [2.05, 4.69) is 11.6 Å². The third kappa shape index (κ3) is 14.7. The zero-order valence-electron chi connectivity index (χ0n) is 22.8. The molecule has 0 radical (unpaired) electrons. The van der Waals surface area contributed by atoms with Gasteiger partial charge in [-0.05, 0) is 18.6 Å². The van der Waals surface area contributed by atoms with Gasteiger partial charge in [0, 0.05) is 18.0 Å². The summed E-state index contributed by atoms with van der Waals surface area (Å²) in [5.74, 6) is -1.59. The van der Waals surface area contributed by atoms with Crippen molar-refractivity contribution in [2.24, 2.45) is 5.41 Å². The highest BCUT2D eigenvalue weighted by Crippen LogP contribution is 2.26. The molecule has 8 heteroatoms. The third-order valence-corrected chi connectivity index (χ3v) is 9.40. The van der Waals surface area contributed by atoms with Crippen LogP contribution in [-0.4, -0.2) is 38.2 Å². The number of nitrogens with one attached hydrogen (secondary N) is 1. The van der Waals surface area contributed by atoms with E-state index >= 15 is 0 Å². The van der Waals surface area contributed by atoms with Crippen molar-refractivity contribution >= 4 is 44.8 Å². The molecule has 1 aromatic carbocycles. The van der Waals surface area contributed by atoms with Gasteiger partial charge in [-0.2, -0.15) is 0 Å². The first-order valence-corrected chi connectivity index (χ1v) is 16.6. The zero-order valence-corrected chi connectivity index (χ0v) is 25.2. The summed E-state index contributed by atoms with van der Waals surface area (Å²) < 4.78 is 27.8. The van der Waals surface area contributed by atoms with Crippen LogP contribution in [-0.2, 0) is 14.8 Å². The number of hydrogen-bond acceptors (Lipinski definition) is 4. The molecule has 1 N–H and O–H groups in total. The van der Waals surface area contributed by atoms with Gasteiger partial charge in [0.05, 0.1) is 22.6 Å². The highest BCUT2D eigenvalue weighted by atomic mass is 35.5. The van der Waals surface area contributed by atoms with E-state index in [1.165, 1.54) is 77.6 Å². The highest BCUT2D eigenvalue weighted by Gasteiger charge is 2.38. The zero-order chi connectivity index (χ0) is 27.6. The quantitative estimate of drug-likeness (QED) is 0.0617. The van der Waals surface area contributed by atoms with E-state index in [-0.39, 0.29) is 16.5 Å². The molecule has 37 heavy (non-hydrogen) atoms. The van der Waals surface area contributed by atoms with E-state index in [0.29, 0.717) is 6.54 Å². The molecular formula is C29H47Cl2NO4S. The summed E-state index contributed by atoms with van der Waals surface area (Å²) in [5, 5.41) is 0.260. The summed E-state index contributed by atoms with van der Waals surface area (Å²) in [6.07, 6.45) is 16.9. The Hall–Kier alpha value is -0.950. The van der Waals surface area contributed by atoms with Gasteiger partial charge in [0.15, 0.2) is 5.78 Å². The molecule has 0 spiro atoms. The minimum absolute atomic E-state index is 0.193. The van der Waals surface area contributed by atoms with Crippen LogP contribution in [0.25, 0.3) is 0 Å². The fourth-order valence-corrected chi connectivity index (χ4v) is 6.61. The summed E-state index contributed by atoms with van der Waals surface area (Å²) in [7, 11) is -3.72. The second-order valence-corrected chi connectivity index (χ2v) is 12.9. The molecule has 0 amide bonds. The second kappa shape index (κ2) is 19.2. The first kappa shape index (κ1) is 34.1. The lowest BCUT2D eigenvalue weighted by atomic mass is 9.86. The molecule has 0 saturated carbocycles. The molecule has 1 rings (SSSR count). The first-order chi connectivity index (χ1) is 17.6. The fourth-order valence-electron chi connectivity index (χ4n) is 4.35. The topological polar surface area (TPSA) is 80.3 Å². The number of unbranched alkanes of at least 4 members (excludes halogenated alkanes) is 13. The van der Waals surface area contributed by atoms with E-state index in [9.17, 15) is 18.0 Å². The van der Waals surface area contributed by atoms with Crippen molar-refractivity contribution in [1.29, 1.82) is 0 Å². The molecule has 0 fully saturated rings. The maximum absolute atomic E-state index is 12.8. The maximum Gasteiger partial charge on any atom is 0.212 e. The normalized spacial score (nSPS) is 13.4. The lowest BCUT2D eigenvalue weighted by Crippen LogP contribution is -2.42. The summed E-state index contributed by atoms with van der Waals surface area (Å²) in [6, 6.07) is 6.48. The van der Waals surface area contributed by atoms with Crippen molar-refractivity contribution in [3.63, 3.8) is 0 Å². The summed E-state index contributed by atoms with van der Waals surface area (Å²) in [4.78, 5) is 25.4. The number of carbonyl (C=O) groups is 2. The van der Waals surface area contributed by atoms with E-state index in [4.69, 9.17) is 23.2 Å². The van der Waals surface area contributed by atoms with Crippen LogP contribution in [0, 0.1) is 5.41 Å². The first-order valence-electron chi connectivity index (χ1n) is 14.0. The van der Waals surface area contributed by atoms with Crippen molar-refractivity contribution in [3.8, 4) is 0 Å². The number of benzene rings is 1. The Morgan fingerprint density at radius 1 is 0.838 bits per heavy atom. The number of hydrogen-bond donors (Lipinski definition) is 1. The molecule has 0 aliphatic carbocycles. The molecule has 212 valence electrons. The molecule has 1 atom stereocenters. The number of rotatable bonds is 23. The van der Waals surface area contributed by atoms with Crippen LogP contribution in [0.4, 0.5) is 0 Å². The van der Waals surface area contributed by atoms with Crippen molar-refractivity contribution in [2.75, 3.05) is 18.2 Å². The van der Waals surface area contributed by atoms with Crippen molar-refractivity contribution in [2.45, 2.75) is 110 Å². The smallest absolute Gasteiger partial charge is 0.212 e. The number of ketones is 2. The third-order valence-electron chi connectivity index (χ3n) is 6.82. The van der Waals surface area contributed by atoms with Crippen molar-refractivity contribution in [1.82, 2.24) is 4.72 Å². The fraction of sp³-hybridized carbons (Fsp3) is 0.724. The standard InChI is InChI=1S/C29H47Cl2NO4S/c1-3-4-5-6-7-8-9-10-11-12-13-14-15-18-21-32-37(35,36)24-29(2,23-30)28(34)22-27(33)25-19-16-17-20-26(25)31/h16-17,19-20,32H,3-15,18,21-24H2,1-2H3. The van der Waals surface area contributed by atoms with Crippen molar-refractivity contribution in [3.05, 3.63) is 34.9 Å². The largest absolute Gasteiger partial charge is 0.299 e. The van der Waals surface area contributed by atoms with Crippen LogP contribution in [0.5, 0.6) is 0 Å². The molecule has 0 aliphatic rings. The number of sulfonamides is 1. The second-order valence-electron chi connectivity index (χ2n) is 10.4. The summed E-state index contributed by atoms with van der Waals surface area (Å²) in [6.45, 7) is 4.08. The molecule has 0 heterocycles. The predicted molar refractivity (Wildman–Crippen MR) is 156 cm³/mol. The van der Waals surface area contributed by atoms with Crippen LogP contribution >= 0.6 is 23.2 Å². The molecule has 0 aromatic heterocycles. The molecule has 5 nitrogen and oxygen atoms in total. The summed E-state index contributed by atoms with van der Waals surface area (Å²) in [5.41, 5.74) is -1.12. The van der Waals surface area contributed by atoms with Gasteiger partial charge in [-0.3, -0.25) is 9.59 Å². The SMILES string of the molecule is CCCCCCCCCCCCCCCCNS(=O)(=O)CC(C)(CCl)C(=O)CC(=O)c1ccccc1Cl. The van der Waals surface area contributed by atoms with E-state index in [0.717, 1.165) is 19.3 Å². The Kier molecular flexibility index (Phi) is 17.6. The molecule has 0 saturated heterocycles. The monoisotopic (exact) mass is 575 g/mol. The average Bonchev–Trinajstić information content (AvgIpc) is 2.86. The molecule has 1 unspecified atom stereocenters. The average molecular weight is 577 g/mol. The Bertz CT molecular complexity index is 907. The minimum atomic E-state index is -3.72. The predicted octanol–water partition coefficient (Wildman–Crippen LogP) is 8.13. The minimum Gasteiger partial charge on any atom is -0.299 e. The maximum atomic E-state index is 12.8. The Morgan fingerprint density at radius 2 is 1.32 bits per heavy atom. The van der Waals surface area contributed by atoms with Crippen LogP contribution in [0.15, 0.2) is 24.3 Å². The lowest BCUT2D eigenvalue weighted by Gasteiger charge is -2.25. The van der Waals surface area contributed by atoms with Gasteiger partial charge < -0.3 is 0 Å².